The van der Waals surface area contributed by atoms with Crippen LogP contribution in [0.2, 0.25) is 0 Å². The third-order valence-electron chi connectivity index (χ3n) is 10.7. The lowest BCUT2D eigenvalue weighted by molar-refractivity contribution is 0.669. The summed E-state index contributed by atoms with van der Waals surface area (Å²) in [6.45, 7) is 0. The van der Waals surface area contributed by atoms with Crippen molar-refractivity contribution >= 4 is 38.3 Å². The van der Waals surface area contributed by atoms with Crippen molar-refractivity contribution in [2.45, 2.75) is 38.0 Å². The topological polar surface area (TPSA) is 51.8 Å². The molecule has 6 aromatic carbocycles. The van der Waals surface area contributed by atoms with Crippen LogP contribution in [0, 0.1) is 0 Å². The molecule has 0 saturated heterocycles. The lowest BCUT2D eigenvalue weighted by atomic mass is 9.81. The van der Waals surface area contributed by atoms with Crippen molar-refractivity contribution in [3.8, 4) is 33.9 Å². The van der Waals surface area contributed by atoms with E-state index in [4.69, 9.17) is 19.4 Å². The lowest BCUT2D eigenvalue weighted by Gasteiger charge is -2.24. The number of furan rings is 1. The molecule has 1 unspecified atom stereocenters. The Bertz CT molecular complexity index is 2680. The Morgan fingerprint density at radius 2 is 1.37 bits per heavy atom. The van der Waals surface area contributed by atoms with Crippen LogP contribution in [0.4, 0.5) is 0 Å². The van der Waals surface area contributed by atoms with Gasteiger partial charge in [-0.25, -0.2) is 15.0 Å². The molecule has 4 heteroatoms. The molecule has 1 atom stereocenters. The third kappa shape index (κ3) is 5.35. The minimum Gasteiger partial charge on any atom is -0.456 e. The number of fused-ring (bicyclic) bond motifs is 5. The van der Waals surface area contributed by atoms with Crippen molar-refractivity contribution in [3.05, 3.63) is 168 Å². The molecule has 0 amide bonds. The summed E-state index contributed by atoms with van der Waals surface area (Å²) in [5.74, 6) is 2.32. The molecule has 0 bridgehead atoms. The van der Waals surface area contributed by atoms with Crippen LogP contribution in [0.3, 0.4) is 0 Å². The van der Waals surface area contributed by atoms with Gasteiger partial charge in [-0.15, -0.1) is 0 Å². The van der Waals surface area contributed by atoms with E-state index < -0.39 is 0 Å². The van der Waals surface area contributed by atoms with E-state index in [0.29, 0.717) is 23.4 Å². The first-order valence-corrected chi connectivity index (χ1v) is 18.0. The molecule has 51 heavy (non-hydrogen) atoms. The van der Waals surface area contributed by atoms with Crippen molar-refractivity contribution in [2.75, 3.05) is 0 Å². The van der Waals surface area contributed by atoms with Crippen molar-refractivity contribution < 1.29 is 4.42 Å². The Labute approximate surface area is 296 Å². The van der Waals surface area contributed by atoms with Crippen LogP contribution in [0.1, 0.15) is 47.7 Å². The normalized spacial score (nSPS) is 15.7. The fourth-order valence-electron chi connectivity index (χ4n) is 8.08. The van der Waals surface area contributed by atoms with E-state index in [-0.39, 0.29) is 0 Å². The minimum absolute atomic E-state index is 0.354. The Morgan fingerprint density at radius 3 is 2.27 bits per heavy atom. The van der Waals surface area contributed by atoms with E-state index in [9.17, 15) is 0 Å². The van der Waals surface area contributed by atoms with Crippen molar-refractivity contribution in [2.24, 2.45) is 0 Å². The van der Waals surface area contributed by atoms with Crippen LogP contribution in [0.25, 0.3) is 72.2 Å². The third-order valence-corrected chi connectivity index (χ3v) is 10.7. The molecule has 10 rings (SSSR count). The average molecular weight is 658 g/mol. The number of aryl methyl sites for hydroxylation is 1. The highest BCUT2D eigenvalue weighted by Crippen LogP contribution is 2.41. The second-order valence-electron chi connectivity index (χ2n) is 13.8. The monoisotopic (exact) mass is 657 g/mol. The van der Waals surface area contributed by atoms with Crippen LogP contribution in [-0.2, 0) is 12.8 Å². The number of allylic oxidation sites excluding steroid dienone is 4. The molecule has 2 aliphatic rings. The second kappa shape index (κ2) is 12.3. The molecule has 0 spiro atoms. The van der Waals surface area contributed by atoms with Gasteiger partial charge in [-0.3, -0.25) is 0 Å². The number of aromatic nitrogens is 3. The quantitative estimate of drug-likeness (QED) is 0.185. The highest BCUT2D eigenvalue weighted by molar-refractivity contribution is 6.13. The molecule has 0 radical (unpaired) electrons. The smallest absolute Gasteiger partial charge is 0.164 e. The Kier molecular flexibility index (Phi) is 7.19. The predicted molar refractivity (Wildman–Crippen MR) is 208 cm³/mol. The summed E-state index contributed by atoms with van der Waals surface area (Å²) in [5.41, 5.74) is 11.3. The van der Waals surface area contributed by atoms with Gasteiger partial charge in [-0.1, -0.05) is 121 Å². The van der Waals surface area contributed by atoms with Crippen molar-refractivity contribution in [3.63, 3.8) is 0 Å². The summed E-state index contributed by atoms with van der Waals surface area (Å²) in [7, 11) is 0. The van der Waals surface area contributed by atoms with Gasteiger partial charge in [-0.2, -0.15) is 0 Å². The zero-order chi connectivity index (χ0) is 33.7. The Morgan fingerprint density at radius 1 is 0.569 bits per heavy atom. The molecule has 0 aliphatic heterocycles. The highest BCUT2D eigenvalue weighted by atomic mass is 16.3. The Hall–Kier alpha value is -6.13. The van der Waals surface area contributed by atoms with E-state index in [1.54, 1.807) is 5.56 Å². The van der Waals surface area contributed by atoms with Crippen LogP contribution in [0.15, 0.2) is 150 Å². The molecule has 8 aromatic rings. The van der Waals surface area contributed by atoms with E-state index in [1.807, 2.05) is 30.3 Å². The first-order chi connectivity index (χ1) is 25.2. The van der Waals surface area contributed by atoms with Gasteiger partial charge in [0.1, 0.15) is 11.2 Å². The minimum atomic E-state index is 0.354. The van der Waals surface area contributed by atoms with Crippen LogP contribution in [0.5, 0.6) is 0 Å². The number of nitrogens with zero attached hydrogens (tertiary/aromatic N) is 3. The number of hydrogen-bond donors (Lipinski definition) is 0. The maximum atomic E-state index is 6.53. The molecule has 2 aliphatic carbocycles. The first-order valence-electron chi connectivity index (χ1n) is 18.0. The summed E-state index contributed by atoms with van der Waals surface area (Å²) in [5, 5.41) is 4.46. The SMILES string of the molecule is C1=CC(c2cccc3c2CCCC3)CC=C1c1nc(-c2ccccc2)nc(-c2cc(-c3ccc4ccccc4c3)cc3oc4ccccc4c23)n1. The van der Waals surface area contributed by atoms with Crippen LogP contribution in [-0.4, -0.2) is 15.0 Å². The summed E-state index contributed by atoms with van der Waals surface area (Å²) < 4.78 is 6.53. The summed E-state index contributed by atoms with van der Waals surface area (Å²) in [4.78, 5) is 15.5. The van der Waals surface area contributed by atoms with Gasteiger partial charge in [0, 0.05) is 33.4 Å². The standard InChI is InChI=1S/C47H35N3O/c1-2-13-33(14-3-1)45-48-46(34-24-22-32(23-25-34)39-19-10-16-31-12-6-7-17-38(31)39)50-47(49-45)41-28-37(36-26-21-30-11-4-5-15-35(30)27-36)29-43-44(41)40-18-8-9-20-42(40)51-43/h1-5,8-11,13-16,18-22,24-29,32H,6-7,12,17,23H2. The first kappa shape index (κ1) is 29.8. The lowest BCUT2D eigenvalue weighted by Crippen LogP contribution is -2.10. The molecule has 2 aromatic heterocycles. The molecular weight excluding hydrogens is 623 g/mol. The van der Waals surface area contributed by atoms with E-state index in [1.165, 1.54) is 47.6 Å². The van der Waals surface area contributed by atoms with Crippen molar-refractivity contribution in [1.82, 2.24) is 15.0 Å². The molecule has 244 valence electrons. The van der Waals surface area contributed by atoms with Gasteiger partial charge in [0.25, 0.3) is 0 Å². The number of benzene rings is 6. The van der Waals surface area contributed by atoms with Gasteiger partial charge in [0.2, 0.25) is 0 Å². The Balaban J connectivity index is 1.14. The van der Waals surface area contributed by atoms with Gasteiger partial charge in [0.15, 0.2) is 17.5 Å². The number of para-hydroxylation sites is 1. The highest BCUT2D eigenvalue weighted by Gasteiger charge is 2.23. The van der Waals surface area contributed by atoms with Crippen LogP contribution >= 0.6 is 0 Å². The summed E-state index contributed by atoms with van der Waals surface area (Å²) >= 11 is 0. The van der Waals surface area contributed by atoms with E-state index >= 15 is 0 Å². The number of rotatable bonds is 5. The fourth-order valence-corrected chi connectivity index (χ4v) is 8.08. The zero-order valence-electron chi connectivity index (χ0n) is 28.2. The molecule has 0 saturated carbocycles. The molecular formula is C47H35N3O. The van der Waals surface area contributed by atoms with Crippen LogP contribution < -0.4 is 0 Å². The van der Waals surface area contributed by atoms with Crippen molar-refractivity contribution in [1.29, 1.82) is 0 Å². The van der Waals surface area contributed by atoms with E-state index in [0.717, 1.165) is 56.2 Å². The van der Waals surface area contributed by atoms with Gasteiger partial charge < -0.3 is 4.42 Å². The maximum Gasteiger partial charge on any atom is 0.164 e. The molecule has 2 heterocycles. The molecule has 4 nitrogen and oxygen atoms in total. The summed E-state index contributed by atoms with van der Waals surface area (Å²) in [6.07, 6.45) is 12.7. The van der Waals surface area contributed by atoms with Gasteiger partial charge >= 0.3 is 0 Å². The summed E-state index contributed by atoms with van der Waals surface area (Å²) in [6, 6.07) is 44.8. The largest absolute Gasteiger partial charge is 0.456 e. The molecule has 0 N–H and O–H groups in total. The second-order valence-corrected chi connectivity index (χ2v) is 13.8. The number of hydrogen-bond acceptors (Lipinski definition) is 4. The average Bonchev–Trinajstić information content (AvgIpc) is 3.59. The van der Waals surface area contributed by atoms with Gasteiger partial charge in [-0.05, 0) is 95.0 Å². The van der Waals surface area contributed by atoms with Gasteiger partial charge in [0.05, 0.1) is 0 Å². The molecule has 0 fully saturated rings. The maximum absolute atomic E-state index is 6.53. The fraction of sp³-hybridized carbons (Fsp3) is 0.128. The zero-order valence-corrected chi connectivity index (χ0v) is 28.2. The predicted octanol–water partition coefficient (Wildman–Crippen LogP) is 11.9. The van der Waals surface area contributed by atoms with E-state index in [2.05, 4.69) is 115 Å².